The molecule has 0 saturated heterocycles. The molecule has 0 atom stereocenters. The van der Waals surface area contributed by atoms with Gasteiger partial charge in [0, 0.05) is 49.1 Å². The van der Waals surface area contributed by atoms with Crippen LogP contribution in [0, 0.1) is 6.92 Å². The second-order valence-corrected chi connectivity index (χ2v) is 13.3. The van der Waals surface area contributed by atoms with Crippen molar-refractivity contribution in [3.63, 3.8) is 0 Å². The molecule has 1 N–H and O–H groups in total. The van der Waals surface area contributed by atoms with Gasteiger partial charge in [-0.3, -0.25) is 4.68 Å². The molecule has 2 heterocycles. The van der Waals surface area contributed by atoms with Crippen molar-refractivity contribution in [1.29, 1.82) is 0 Å². The van der Waals surface area contributed by atoms with Crippen molar-refractivity contribution in [3.05, 3.63) is 83.3 Å². The molecule has 0 aliphatic carbocycles. The van der Waals surface area contributed by atoms with Crippen LogP contribution in [0.15, 0.2) is 60.7 Å². The molecule has 49 heavy (non-hydrogen) atoms. The zero-order valence-corrected chi connectivity index (χ0v) is 29.7. The number of ether oxygens (including phenoxy) is 3. The second-order valence-electron chi connectivity index (χ2n) is 13.3. The van der Waals surface area contributed by atoms with E-state index in [-0.39, 0.29) is 13.2 Å². The summed E-state index contributed by atoms with van der Waals surface area (Å²) in [6, 6.07) is 20.2. The van der Waals surface area contributed by atoms with Gasteiger partial charge in [0.05, 0.1) is 36.7 Å². The fraction of sp³-hybridized carbons (Fsp3) is 0.410. The average molecular weight is 669 g/mol. The molecule has 10 heteroatoms. The molecular weight excluding hydrogens is 620 g/mol. The van der Waals surface area contributed by atoms with E-state index in [1.54, 1.807) is 23.6 Å². The predicted molar refractivity (Wildman–Crippen MR) is 192 cm³/mol. The fourth-order valence-electron chi connectivity index (χ4n) is 6.48. The van der Waals surface area contributed by atoms with Crippen molar-refractivity contribution >= 4 is 33.7 Å². The summed E-state index contributed by atoms with van der Waals surface area (Å²) in [7, 11) is 3.53. The van der Waals surface area contributed by atoms with Crippen molar-refractivity contribution in [2.75, 3.05) is 26.8 Å². The maximum absolute atomic E-state index is 13.8. The smallest absolute Gasteiger partial charge is 0.410 e. The van der Waals surface area contributed by atoms with Crippen LogP contribution in [0.25, 0.3) is 32.8 Å². The molecular formula is C39H48N4O6. The van der Waals surface area contributed by atoms with E-state index in [2.05, 4.69) is 23.3 Å². The number of aryl methyl sites for hydroxylation is 4. The van der Waals surface area contributed by atoms with Crippen LogP contribution in [-0.4, -0.2) is 68.8 Å². The van der Waals surface area contributed by atoms with Gasteiger partial charge >= 0.3 is 12.1 Å². The Hall–Kier alpha value is -4.83. The standard InChI is InChI=1S/C39H48N4O6/c1-8-47-37(45)36-30(20-13-24-48-33-21-11-16-27-15-9-10-17-28(27)33)29-18-12-19-31(34-26(2)40-42(7)32(34)25-44)35(29)43(36)23-14-22-41(6)38(46)49-39(3,4)5/h9-12,15-19,21,44H,8,13-14,20,22-25H2,1-7H3. The van der Waals surface area contributed by atoms with Crippen LogP contribution < -0.4 is 4.74 Å². The van der Waals surface area contributed by atoms with Gasteiger partial charge in [-0.25, -0.2) is 9.59 Å². The van der Waals surface area contributed by atoms with Crippen LogP contribution in [0.5, 0.6) is 5.75 Å². The zero-order valence-electron chi connectivity index (χ0n) is 29.7. The van der Waals surface area contributed by atoms with Gasteiger partial charge in [-0.1, -0.05) is 54.6 Å². The average Bonchev–Trinajstić information content (AvgIpc) is 3.54. The van der Waals surface area contributed by atoms with E-state index >= 15 is 0 Å². The first-order valence-corrected chi connectivity index (χ1v) is 16.9. The minimum Gasteiger partial charge on any atom is -0.493 e. The summed E-state index contributed by atoms with van der Waals surface area (Å²) in [5, 5.41) is 18.1. The Bertz CT molecular complexity index is 1950. The van der Waals surface area contributed by atoms with Gasteiger partial charge in [0.15, 0.2) is 0 Å². The van der Waals surface area contributed by atoms with E-state index in [4.69, 9.17) is 14.2 Å². The summed E-state index contributed by atoms with van der Waals surface area (Å²) in [6.45, 7) is 10.6. The first kappa shape index (κ1) is 35.5. The molecule has 0 aliphatic heterocycles. The number of carbonyl (C=O) groups excluding carboxylic acids is 2. The molecule has 0 aliphatic rings. The molecule has 0 unspecified atom stereocenters. The summed E-state index contributed by atoms with van der Waals surface area (Å²) in [6.07, 6.45) is 1.39. The Morgan fingerprint density at radius 1 is 0.980 bits per heavy atom. The lowest BCUT2D eigenvalue weighted by molar-refractivity contribution is 0.0294. The summed E-state index contributed by atoms with van der Waals surface area (Å²) in [5.41, 5.74) is 4.79. The summed E-state index contributed by atoms with van der Waals surface area (Å²) in [5.74, 6) is 0.423. The maximum Gasteiger partial charge on any atom is 0.410 e. The summed E-state index contributed by atoms with van der Waals surface area (Å²) < 4.78 is 21.2. The van der Waals surface area contributed by atoms with Crippen LogP contribution in [-0.2, 0) is 36.1 Å². The number of para-hydroxylation sites is 1. The largest absolute Gasteiger partial charge is 0.493 e. The Morgan fingerprint density at radius 2 is 1.69 bits per heavy atom. The number of carbonyl (C=O) groups is 2. The van der Waals surface area contributed by atoms with E-state index in [1.807, 2.05) is 81.8 Å². The van der Waals surface area contributed by atoms with Gasteiger partial charge in [0.2, 0.25) is 0 Å². The third kappa shape index (κ3) is 7.75. The molecule has 0 fully saturated rings. The molecule has 5 rings (SSSR count). The van der Waals surface area contributed by atoms with Gasteiger partial charge in [-0.15, -0.1) is 0 Å². The van der Waals surface area contributed by atoms with E-state index in [9.17, 15) is 14.7 Å². The van der Waals surface area contributed by atoms with Gasteiger partial charge in [-0.2, -0.15) is 5.10 Å². The fourth-order valence-corrected chi connectivity index (χ4v) is 6.48. The highest BCUT2D eigenvalue weighted by atomic mass is 16.6. The summed E-state index contributed by atoms with van der Waals surface area (Å²) in [4.78, 5) is 28.1. The van der Waals surface area contributed by atoms with Crippen LogP contribution in [0.3, 0.4) is 0 Å². The minimum absolute atomic E-state index is 0.187. The normalized spacial score (nSPS) is 11.7. The number of nitrogens with zero attached hydrogens (tertiary/aromatic N) is 4. The number of aliphatic hydroxyl groups excluding tert-OH is 1. The van der Waals surface area contributed by atoms with E-state index < -0.39 is 17.7 Å². The van der Waals surface area contributed by atoms with E-state index in [0.29, 0.717) is 50.3 Å². The quantitative estimate of drug-likeness (QED) is 0.103. The number of rotatable bonds is 13. The van der Waals surface area contributed by atoms with Crippen molar-refractivity contribution in [1.82, 2.24) is 19.2 Å². The number of aromatic nitrogens is 3. The molecule has 0 saturated carbocycles. The number of esters is 1. The van der Waals surface area contributed by atoms with Gasteiger partial charge in [-0.05, 0) is 70.9 Å². The molecule has 2 aromatic heterocycles. The van der Waals surface area contributed by atoms with E-state index in [0.717, 1.165) is 49.8 Å². The second kappa shape index (κ2) is 15.2. The lowest BCUT2D eigenvalue weighted by Crippen LogP contribution is -2.35. The van der Waals surface area contributed by atoms with Crippen LogP contribution >= 0.6 is 0 Å². The summed E-state index contributed by atoms with van der Waals surface area (Å²) >= 11 is 0. The number of aliphatic hydroxyl groups is 1. The molecule has 0 bridgehead atoms. The number of hydrogen-bond acceptors (Lipinski definition) is 7. The van der Waals surface area contributed by atoms with Gasteiger partial charge < -0.3 is 28.8 Å². The molecule has 5 aromatic rings. The zero-order chi connectivity index (χ0) is 35.3. The first-order valence-electron chi connectivity index (χ1n) is 16.9. The Morgan fingerprint density at radius 3 is 2.43 bits per heavy atom. The highest BCUT2D eigenvalue weighted by molar-refractivity contribution is 6.05. The van der Waals surface area contributed by atoms with Gasteiger partial charge in [0.1, 0.15) is 17.0 Å². The molecule has 0 spiro atoms. The number of benzene rings is 3. The molecule has 3 aromatic carbocycles. The molecule has 1 amide bonds. The monoisotopic (exact) mass is 668 g/mol. The van der Waals surface area contributed by atoms with Gasteiger partial charge in [0.25, 0.3) is 0 Å². The van der Waals surface area contributed by atoms with Crippen molar-refractivity contribution < 1.29 is 28.9 Å². The van der Waals surface area contributed by atoms with E-state index in [1.165, 1.54) is 0 Å². The predicted octanol–water partition coefficient (Wildman–Crippen LogP) is 7.44. The first-order chi connectivity index (χ1) is 23.4. The molecule has 0 radical (unpaired) electrons. The Balaban J connectivity index is 1.54. The van der Waals surface area contributed by atoms with Crippen molar-refractivity contribution in [2.45, 2.75) is 72.6 Å². The number of fused-ring (bicyclic) bond motifs is 2. The highest BCUT2D eigenvalue weighted by Gasteiger charge is 2.28. The molecule has 10 nitrogen and oxygen atoms in total. The maximum atomic E-state index is 13.8. The van der Waals surface area contributed by atoms with Crippen LogP contribution in [0.4, 0.5) is 4.79 Å². The Kier molecular flexibility index (Phi) is 11.0. The highest BCUT2D eigenvalue weighted by Crippen LogP contribution is 2.38. The number of amides is 1. The SMILES string of the molecule is CCOC(=O)c1c(CCCOc2cccc3ccccc23)c2cccc(-c3c(C)nn(C)c3CO)c2n1CCCN(C)C(=O)OC(C)(C)C. The Labute approximate surface area is 288 Å². The van der Waals surface area contributed by atoms with Crippen molar-refractivity contribution in [3.8, 4) is 16.9 Å². The van der Waals surface area contributed by atoms with Crippen molar-refractivity contribution in [2.24, 2.45) is 7.05 Å². The minimum atomic E-state index is -0.605. The third-order valence-electron chi connectivity index (χ3n) is 8.57. The lowest BCUT2D eigenvalue weighted by Gasteiger charge is -2.24. The molecule has 260 valence electrons. The lowest BCUT2D eigenvalue weighted by atomic mass is 9.98. The topological polar surface area (TPSA) is 108 Å². The number of hydrogen-bond donors (Lipinski definition) is 1. The van der Waals surface area contributed by atoms with Crippen LogP contribution in [0.1, 0.15) is 68.0 Å². The van der Waals surface area contributed by atoms with Crippen LogP contribution in [0.2, 0.25) is 0 Å². The third-order valence-corrected chi connectivity index (χ3v) is 8.57.